The van der Waals surface area contributed by atoms with Crippen molar-refractivity contribution in [1.29, 1.82) is 0 Å². The van der Waals surface area contributed by atoms with E-state index in [-0.39, 0.29) is 11.2 Å². The van der Waals surface area contributed by atoms with Crippen molar-refractivity contribution in [3.8, 4) is 11.5 Å². The summed E-state index contributed by atoms with van der Waals surface area (Å²) in [4.78, 5) is 0. The smallest absolute Gasteiger partial charge is 0.184 e. The second kappa shape index (κ2) is 8.06. The highest BCUT2D eigenvalue weighted by Crippen LogP contribution is 2.37. The predicted molar refractivity (Wildman–Crippen MR) is 88.6 cm³/mol. The van der Waals surface area contributed by atoms with Crippen LogP contribution in [0, 0.1) is 0 Å². The van der Waals surface area contributed by atoms with Crippen LogP contribution in [0.1, 0.15) is 26.3 Å². The van der Waals surface area contributed by atoms with E-state index in [0.717, 1.165) is 10.0 Å². The van der Waals surface area contributed by atoms with E-state index in [4.69, 9.17) is 15.2 Å². The van der Waals surface area contributed by atoms with Crippen molar-refractivity contribution in [3.05, 3.63) is 22.2 Å². The van der Waals surface area contributed by atoms with Gasteiger partial charge in [-0.2, -0.15) is 5.10 Å². The van der Waals surface area contributed by atoms with Crippen LogP contribution in [0.2, 0.25) is 0 Å². The third-order valence-corrected chi connectivity index (χ3v) is 2.75. The van der Waals surface area contributed by atoms with Gasteiger partial charge in [-0.25, -0.2) is 0 Å². The number of benzene rings is 1. The van der Waals surface area contributed by atoms with E-state index in [1.807, 2.05) is 32.9 Å². The lowest BCUT2D eigenvalue weighted by Gasteiger charge is -2.16. The van der Waals surface area contributed by atoms with Gasteiger partial charge in [0.15, 0.2) is 16.6 Å². The highest BCUT2D eigenvalue weighted by atomic mass is 79.9. The number of halogens is 1. The maximum Gasteiger partial charge on any atom is 0.184 e. The first-order valence-corrected chi connectivity index (χ1v) is 7.35. The van der Waals surface area contributed by atoms with Gasteiger partial charge in [-0.15, -0.1) is 0 Å². The highest BCUT2D eigenvalue weighted by molar-refractivity contribution is 9.10. The maximum absolute atomic E-state index is 5.75. The minimum Gasteiger partial charge on any atom is -0.490 e. The van der Waals surface area contributed by atoms with Crippen LogP contribution in [0.15, 0.2) is 21.7 Å². The molecule has 0 aliphatic heterocycles. The van der Waals surface area contributed by atoms with Crippen molar-refractivity contribution in [2.24, 2.45) is 10.8 Å². The zero-order valence-electron chi connectivity index (χ0n) is 11.6. The van der Waals surface area contributed by atoms with Gasteiger partial charge in [0.25, 0.3) is 0 Å². The zero-order valence-corrected chi connectivity index (χ0v) is 14.0. The zero-order chi connectivity index (χ0) is 15.1. The molecule has 0 radical (unpaired) electrons. The second-order valence-corrected chi connectivity index (χ2v) is 5.46. The van der Waals surface area contributed by atoms with Gasteiger partial charge in [-0.05, 0) is 66.6 Å². The summed E-state index contributed by atoms with van der Waals surface area (Å²) >= 11 is 8.15. The first kappa shape index (κ1) is 16.7. The van der Waals surface area contributed by atoms with Crippen molar-refractivity contribution in [2.45, 2.75) is 26.9 Å². The minimum absolute atomic E-state index is 0.0568. The van der Waals surface area contributed by atoms with Crippen LogP contribution < -0.4 is 20.6 Å². The first-order valence-electron chi connectivity index (χ1n) is 6.15. The quantitative estimate of drug-likeness (QED) is 0.464. The molecule has 20 heavy (non-hydrogen) atoms. The normalized spacial score (nSPS) is 10.8. The van der Waals surface area contributed by atoms with E-state index in [0.29, 0.717) is 18.1 Å². The number of thiocarbonyl (C=S) groups is 1. The Balaban J connectivity index is 3.05. The third-order valence-electron chi connectivity index (χ3n) is 2.07. The van der Waals surface area contributed by atoms with Crippen LogP contribution in [0.4, 0.5) is 0 Å². The predicted octanol–water partition coefficient (Wildman–Crippen LogP) is 2.80. The number of hydrogen-bond acceptors (Lipinski definition) is 4. The SMILES string of the molecule is CCOc1cc(/C=N/NC(N)=S)cc(Br)c1OC(C)C. The molecule has 0 aliphatic rings. The van der Waals surface area contributed by atoms with Gasteiger partial charge in [0.05, 0.1) is 23.4 Å². The van der Waals surface area contributed by atoms with Crippen molar-refractivity contribution in [2.75, 3.05) is 6.61 Å². The Labute approximate surface area is 132 Å². The molecule has 0 spiro atoms. The van der Waals surface area contributed by atoms with Crippen LogP contribution in [0.5, 0.6) is 11.5 Å². The molecule has 0 unspecified atom stereocenters. The number of ether oxygens (including phenoxy) is 2. The Kier molecular flexibility index (Phi) is 6.74. The molecule has 0 aliphatic carbocycles. The molecule has 0 atom stereocenters. The standard InChI is InChI=1S/C13H18BrN3O2S/c1-4-18-11-6-9(7-16-17-13(15)20)5-10(14)12(11)19-8(2)3/h5-8H,4H2,1-3H3,(H3,15,17,20)/b16-7+. The fourth-order valence-electron chi connectivity index (χ4n) is 1.45. The largest absolute Gasteiger partial charge is 0.490 e. The molecule has 0 aromatic heterocycles. The van der Waals surface area contributed by atoms with Crippen molar-refractivity contribution < 1.29 is 9.47 Å². The maximum atomic E-state index is 5.75. The van der Waals surface area contributed by atoms with Crippen molar-refractivity contribution in [1.82, 2.24) is 5.43 Å². The van der Waals surface area contributed by atoms with E-state index in [1.54, 1.807) is 6.21 Å². The average molecular weight is 360 g/mol. The molecule has 7 heteroatoms. The lowest BCUT2D eigenvalue weighted by Crippen LogP contribution is -2.24. The van der Waals surface area contributed by atoms with E-state index < -0.39 is 0 Å². The molecule has 110 valence electrons. The van der Waals surface area contributed by atoms with Crippen molar-refractivity contribution in [3.63, 3.8) is 0 Å². The van der Waals surface area contributed by atoms with Gasteiger partial charge in [0, 0.05) is 0 Å². The molecule has 0 bridgehead atoms. The summed E-state index contributed by atoms with van der Waals surface area (Å²) in [5.74, 6) is 1.34. The third kappa shape index (κ3) is 5.34. The number of hydrazone groups is 1. The summed E-state index contributed by atoms with van der Waals surface area (Å²) in [6, 6.07) is 3.72. The lowest BCUT2D eigenvalue weighted by molar-refractivity contribution is 0.222. The Morgan fingerprint density at radius 3 is 2.80 bits per heavy atom. The Hall–Kier alpha value is -1.34. The Morgan fingerprint density at radius 2 is 2.25 bits per heavy atom. The molecule has 5 nitrogen and oxygen atoms in total. The minimum atomic E-state index is 0.0568. The number of rotatable bonds is 6. The van der Waals surface area contributed by atoms with Crippen LogP contribution in [0.3, 0.4) is 0 Å². The van der Waals surface area contributed by atoms with Gasteiger partial charge in [0.2, 0.25) is 0 Å². The van der Waals surface area contributed by atoms with Gasteiger partial charge in [-0.3, -0.25) is 5.43 Å². The van der Waals surface area contributed by atoms with Gasteiger partial charge < -0.3 is 15.2 Å². The highest BCUT2D eigenvalue weighted by Gasteiger charge is 2.13. The van der Waals surface area contributed by atoms with E-state index in [1.165, 1.54) is 0 Å². The molecular formula is C13H18BrN3O2S. The summed E-state index contributed by atoms with van der Waals surface area (Å²) in [5.41, 5.74) is 8.63. The fourth-order valence-corrected chi connectivity index (χ4v) is 2.05. The average Bonchev–Trinajstić information content (AvgIpc) is 2.33. The lowest BCUT2D eigenvalue weighted by atomic mass is 10.2. The summed E-state index contributed by atoms with van der Waals surface area (Å²) in [6.07, 6.45) is 1.66. The van der Waals surface area contributed by atoms with Crippen LogP contribution in [-0.2, 0) is 0 Å². The molecule has 1 aromatic carbocycles. The molecule has 1 rings (SSSR count). The van der Waals surface area contributed by atoms with Crippen LogP contribution >= 0.6 is 28.1 Å². The number of nitrogens with zero attached hydrogens (tertiary/aromatic N) is 1. The molecule has 0 saturated heterocycles. The van der Waals surface area contributed by atoms with Gasteiger partial charge in [-0.1, -0.05) is 0 Å². The van der Waals surface area contributed by atoms with E-state index in [2.05, 4.69) is 38.7 Å². The molecule has 0 heterocycles. The fraction of sp³-hybridized carbons (Fsp3) is 0.385. The summed E-state index contributed by atoms with van der Waals surface area (Å²) in [7, 11) is 0. The molecular weight excluding hydrogens is 342 g/mol. The molecule has 0 fully saturated rings. The summed E-state index contributed by atoms with van der Waals surface area (Å²) in [6.45, 7) is 6.39. The van der Waals surface area contributed by atoms with E-state index >= 15 is 0 Å². The molecule has 3 N–H and O–H groups in total. The first-order chi connectivity index (χ1) is 9.43. The number of hydrogen-bond donors (Lipinski definition) is 2. The van der Waals surface area contributed by atoms with Gasteiger partial charge in [0.1, 0.15) is 0 Å². The molecule has 0 amide bonds. The van der Waals surface area contributed by atoms with Crippen LogP contribution in [0.25, 0.3) is 0 Å². The van der Waals surface area contributed by atoms with E-state index in [9.17, 15) is 0 Å². The Bertz CT molecular complexity index is 507. The second-order valence-electron chi connectivity index (χ2n) is 4.16. The van der Waals surface area contributed by atoms with Crippen LogP contribution in [-0.4, -0.2) is 24.0 Å². The summed E-state index contributed by atoms with van der Waals surface area (Å²) in [5, 5.41) is 4.03. The molecule has 0 saturated carbocycles. The molecule has 1 aromatic rings. The topological polar surface area (TPSA) is 68.9 Å². The van der Waals surface area contributed by atoms with Gasteiger partial charge >= 0.3 is 0 Å². The Morgan fingerprint density at radius 1 is 1.55 bits per heavy atom. The van der Waals surface area contributed by atoms with Crippen molar-refractivity contribution >= 4 is 39.5 Å². The number of nitrogens with two attached hydrogens (primary N) is 1. The summed E-state index contributed by atoms with van der Waals surface area (Å²) < 4.78 is 12.2. The monoisotopic (exact) mass is 359 g/mol. The number of nitrogens with one attached hydrogen (secondary N) is 1.